The molecule has 4 nitrogen and oxygen atoms in total. The molecule has 0 amide bonds. The average molecular weight is 314 g/mol. The van der Waals surface area contributed by atoms with Crippen LogP contribution in [-0.4, -0.2) is 20.1 Å². The molecule has 0 fully saturated rings. The molecule has 22 heavy (non-hydrogen) atoms. The van der Waals surface area contributed by atoms with Gasteiger partial charge in [0.2, 0.25) is 0 Å². The van der Waals surface area contributed by atoms with Crippen molar-refractivity contribution in [2.24, 2.45) is 0 Å². The van der Waals surface area contributed by atoms with E-state index in [-0.39, 0.29) is 6.61 Å². The van der Waals surface area contributed by atoms with E-state index >= 15 is 0 Å². The second-order valence-corrected chi connectivity index (χ2v) is 5.67. The largest absolute Gasteiger partial charge is 0.390 e. The van der Waals surface area contributed by atoms with Crippen molar-refractivity contribution >= 4 is 11.6 Å². The van der Waals surface area contributed by atoms with Crippen LogP contribution in [0.15, 0.2) is 42.5 Å². The van der Waals surface area contributed by atoms with Crippen molar-refractivity contribution in [1.29, 1.82) is 0 Å². The summed E-state index contributed by atoms with van der Waals surface area (Å²) in [7, 11) is 0. The van der Waals surface area contributed by atoms with Crippen LogP contribution in [0.1, 0.15) is 16.8 Å². The molecule has 112 valence electrons. The first-order valence-corrected chi connectivity index (χ1v) is 7.37. The molecule has 1 aromatic heterocycles. The number of halogens is 1. The molecule has 1 heterocycles. The quantitative estimate of drug-likeness (QED) is 0.802. The van der Waals surface area contributed by atoms with Crippen LogP contribution in [0.2, 0.25) is 5.02 Å². The summed E-state index contributed by atoms with van der Waals surface area (Å²) < 4.78 is 1.73. The van der Waals surface area contributed by atoms with Gasteiger partial charge >= 0.3 is 0 Å². The third-order valence-corrected chi connectivity index (χ3v) is 3.99. The summed E-state index contributed by atoms with van der Waals surface area (Å²) in [5.41, 5.74) is 5.59. The first-order valence-electron chi connectivity index (χ1n) is 6.99. The Bertz CT molecular complexity index is 809. The minimum absolute atomic E-state index is 0.157. The first kappa shape index (κ1) is 14.8. The van der Waals surface area contributed by atoms with Gasteiger partial charge in [-0.2, -0.15) is 0 Å². The van der Waals surface area contributed by atoms with Crippen LogP contribution in [0, 0.1) is 13.8 Å². The van der Waals surface area contributed by atoms with Crippen molar-refractivity contribution in [2.45, 2.75) is 20.5 Å². The molecule has 0 radical (unpaired) electrons. The van der Waals surface area contributed by atoms with Crippen LogP contribution < -0.4 is 0 Å². The van der Waals surface area contributed by atoms with E-state index in [4.69, 9.17) is 11.6 Å². The van der Waals surface area contributed by atoms with E-state index < -0.39 is 0 Å². The Morgan fingerprint density at radius 2 is 1.77 bits per heavy atom. The number of hydrogen-bond acceptors (Lipinski definition) is 3. The summed E-state index contributed by atoms with van der Waals surface area (Å²) in [6, 6.07) is 13.5. The highest BCUT2D eigenvalue weighted by Crippen LogP contribution is 2.27. The summed E-state index contributed by atoms with van der Waals surface area (Å²) >= 11 is 5.94. The summed E-state index contributed by atoms with van der Waals surface area (Å²) in [6.07, 6.45) is 0. The Morgan fingerprint density at radius 3 is 2.41 bits per heavy atom. The Morgan fingerprint density at radius 1 is 1.05 bits per heavy atom. The number of aliphatic hydroxyl groups excluding tert-OH is 1. The SMILES string of the molecule is Cc1ccc(-c2c(CO)nnn2-c2ccc(Cl)cc2)cc1C. The van der Waals surface area contributed by atoms with Gasteiger partial charge in [-0.3, -0.25) is 0 Å². The zero-order valence-electron chi connectivity index (χ0n) is 12.4. The zero-order chi connectivity index (χ0) is 15.7. The van der Waals surface area contributed by atoms with Gasteiger partial charge in [0.15, 0.2) is 0 Å². The summed E-state index contributed by atoms with van der Waals surface area (Å²) in [5, 5.41) is 18.5. The second kappa shape index (κ2) is 5.91. The Kier molecular flexibility index (Phi) is 3.96. The molecule has 5 heteroatoms. The molecule has 0 saturated heterocycles. The van der Waals surface area contributed by atoms with Crippen LogP contribution in [0.3, 0.4) is 0 Å². The van der Waals surface area contributed by atoms with Gasteiger partial charge in [0.25, 0.3) is 0 Å². The fraction of sp³-hybridized carbons (Fsp3) is 0.176. The predicted molar refractivity (Wildman–Crippen MR) is 87.2 cm³/mol. The summed E-state index contributed by atoms with van der Waals surface area (Å²) in [6.45, 7) is 3.98. The fourth-order valence-electron chi connectivity index (χ4n) is 2.36. The molecule has 0 aliphatic carbocycles. The lowest BCUT2D eigenvalue weighted by Crippen LogP contribution is -2.00. The van der Waals surface area contributed by atoms with Crippen LogP contribution >= 0.6 is 11.6 Å². The number of aliphatic hydroxyl groups is 1. The van der Waals surface area contributed by atoms with Gasteiger partial charge in [-0.05, 0) is 55.3 Å². The van der Waals surface area contributed by atoms with E-state index in [9.17, 15) is 5.11 Å². The number of nitrogens with zero attached hydrogens (tertiary/aromatic N) is 3. The molecule has 0 saturated carbocycles. The molecule has 0 aliphatic rings. The average Bonchev–Trinajstić information content (AvgIpc) is 2.94. The standard InChI is InChI=1S/C17H16ClN3O/c1-11-3-4-13(9-12(11)2)17-16(10-22)19-20-21(17)15-7-5-14(18)6-8-15/h3-9,22H,10H2,1-2H3. The lowest BCUT2D eigenvalue weighted by atomic mass is 10.0. The highest BCUT2D eigenvalue weighted by molar-refractivity contribution is 6.30. The van der Waals surface area contributed by atoms with Crippen LogP contribution in [0.4, 0.5) is 0 Å². The normalized spacial score (nSPS) is 10.9. The lowest BCUT2D eigenvalue weighted by molar-refractivity contribution is 0.277. The van der Waals surface area contributed by atoms with E-state index in [0.717, 1.165) is 16.9 Å². The van der Waals surface area contributed by atoms with E-state index in [2.05, 4.69) is 36.3 Å². The minimum Gasteiger partial charge on any atom is -0.390 e. The van der Waals surface area contributed by atoms with Crippen LogP contribution in [0.5, 0.6) is 0 Å². The highest BCUT2D eigenvalue weighted by atomic mass is 35.5. The van der Waals surface area contributed by atoms with Gasteiger partial charge in [-0.15, -0.1) is 5.10 Å². The lowest BCUT2D eigenvalue weighted by Gasteiger charge is -2.10. The van der Waals surface area contributed by atoms with E-state index in [1.807, 2.05) is 18.2 Å². The molecule has 0 spiro atoms. The molecule has 3 rings (SSSR count). The number of benzene rings is 2. The number of aryl methyl sites for hydroxylation is 2. The van der Waals surface area contributed by atoms with Crippen LogP contribution in [0.25, 0.3) is 16.9 Å². The molecule has 0 atom stereocenters. The molecule has 2 aromatic carbocycles. The van der Waals surface area contributed by atoms with Crippen molar-refractivity contribution < 1.29 is 5.11 Å². The smallest absolute Gasteiger partial charge is 0.117 e. The molecule has 3 aromatic rings. The van der Waals surface area contributed by atoms with Crippen molar-refractivity contribution in [3.8, 4) is 16.9 Å². The Hall–Kier alpha value is -2.17. The third kappa shape index (κ3) is 2.63. The maximum Gasteiger partial charge on any atom is 0.117 e. The molecular formula is C17H16ClN3O. The van der Waals surface area contributed by atoms with Gasteiger partial charge in [0, 0.05) is 10.6 Å². The van der Waals surface area contributed by atoms with Crippen molar-refractivity contribution in [3.63, 3.8) is 0 Å². The maximum absolute atomic E-state index is 9.57. The van der Waals surface area contributed by atoms with Gasteiger partial charge in [0.1, 0.15) is 11.4 Å². The van der Waals surface area contributed by atoms with Gasteiger partial charge in [-0.1, -0.05) is 28.9 Å². The number of hydrogen-bond donors (Lipinski definition) is 1. The second-order valence-electron chi connectivity index (χ2n) is 5.23. The molecule has 1 N–H and O–H groups in total. The van der Waals surface area contributed by atoms with E-state index in [0.29, 0.717) is 10.7 Å². The predicted octanol–water partition coefficient (Wildman–Crippen LogP) is 3.70. The van der Waals surface area contributed by atoms with Gasteiger partial charge in [-0.25, -0.2) is 4.68 Å². The molecule has 0 aliphatic heterocycles. The van der Waals surface area contributed by atoms with Crippen molar-refractivity contribution in [1.82, 2.24) is 15.0 Å². The van der Waals surface area contributed by atoms with Crippen molar-refractivity contribution in [2.75, 3.05) is 0 Å². The minimum atomic E-state index is -0.157. The zero-order valence-corrected chi connectivity index (χ0v) is 13.2. The Labute approximate surface area is 134 Å². The van der Waals surface area contributed by atoms with E-state index in [1.54, 1.807) is 16.8 Å². The number of aromatic nitrogens is 3. The maximum atomic E-state index is 9.57. The topological polar surface area (TPSA) is 50.9 Å². The molecule has 0 unspecified atom stereocenters. The van der Waals surface area contributed by atoms with E-state index in [1.165, 1.54) is 11.1 Å². The first-order chi connectivity index (χ1) is 10.6. The molecule has 0 bridgehead atoms. The monoisotopic (exact) mass is 313 g/mol. The van der Waals surface area contributed by atoms with Crippen LogP contribution in [-0.2, 0) is 6.61 Å². The molecular weight excluding hydrogens is 298 g/mol. The third-order valence-electron chi connectivity index (χ3n) is 3.74. The van der Waals surface area contributed by atoms with Gasteiger partial charge < -0.3 is 5.11 Å². The number of rotatable bonds is 3. The highest BCUT2D eigenvalue weighted by Gasteiger charge is 2.16. The Balaban J connectivity index is 2.19. The summed E-state index contributed by atoms with van der Waals surface area (Å²) in [4.78, 5) is 0. The fourth-order valence-corrected chi connectivity index (χ4v) is 2.49. The van der Waals surface area contributed by atoms with Crippen molar-refractivity contribution in [3.05, 3.63) is 64.3 Å². The van der Waals surface area contributed by atoms with Gasteiger partial charge in [0.05, 0.1) is 12.3 Å². The summed E-state index contributed by atoms with van der Waals surface area (Å²) in [5.74, 6) is 0.